The van der Waals surface area contributed by atoms with Crippen LogP contribution in [0, 0.1) is 0 Å². The van der Waals surface area contributed by atoms with Gasteiger partial charge in [0.1, 0.15) is 6.04 Å². The van der Waals surface area contributed by atoms with E-state index in [9.17, 15) is 9.59 Å². The Labute approximate surface area is 86.8 Å². The monoisotopic (exact) mass is 215 g/mol. The fourth-order valence-corrected chi connectivity index (χ4v) is 2.98. The van der Waals surface area contributed by atoms with Gasteiger partial charge < -0.3 is 4.90 Å². The summed E-state index contributed by atoms with van der Waals surface area (Å²) in [7, 11) is 1.56. The first kappa shape index (κ1) is 9.64. The van der Waals surface area contributed by atoms with Crippen LogP contribution in [0.4, 0.5) is 4.79 Å². The first-order chi connectivity index (χ1) is 6.43. The molecular weight excluding hydrogens is 202 g/mol. The van der Waals surface area contributed by atoms with Gasteiger partial charge in [-0.2, -0.15) is 0 Å². The molecule has 2 rings (SSSR count). The zero-order chi connectivity index (χ0) is 10.5. The Morgan fingerprint density at radius 3 is 2.79 bits per heavy atom. The van der Waals surface area contributed by atoms with E-state index in [1.54, 1.807) is 23.7 Å². The molecule has 0 aromatic heterocycles. The van der Waals surface area contributed by atoms with Crippen LogP contribution < -0.4 is 5.43 Å². The molecule has 0 bridgehead atoms. The number of hydrogen-bond donors (Lipinski definition) is 1. The highest BCUT2D eigenvalue weighted by atomic mass is 32.2. The van der Waals surface area contributed by atoms with Gasteiger partial charge in [-0.3, -0.25) is 10.2 Å². The maximum atomic E-state index is 11.7. The van der Waals surface area contributed by atoms with Crippen LogP contribution in [0.25, 0.3) is 0 Å². The van der Waals surface area contributed by atoms with E-state index >= 15 is 0 Å². The Morgan fingerprint density at radius 1 is 1.50 bits per heavy atom. The van der Waals surface area contributed by atoms with E-state index in [1.165, 1.54) is 5.01 Å². The average molecular weight is 215 g/mol. The van der Waals surface area contributed by atoms with Crippen LogP contribution in [0.5, 0.6) is 0 Å². The minimum atomic E-state index is -0.337. The van der Waals surface area contributed by atoms with Gasteiger partial charge in [-0.05, 0) is 13.8 Å². The van der Waals surface area contributed by atoms with Crippen molar-refractivity contribution in [3.05, 3.63) is 0 Å². The van der Waals surface area contributed by atoms with Gasteiger partial charge in [0.25, 0.3) is 5.91 Å². The van der Waals surface area contributed by atoms with Crippen molar-refractivity contribution in [3.63, 3.8) is 0 Å². The van der Waals surface area contributed by atoms with E-state index in [1.807, 2.05) is 13.8 Å². The number of urea groups is 1. The number of nitrogens with one attached hydrogen (secondary N) is 1. The standard InChI is InChI=1S/C8H13N3O2S/c1-8(2)5-6(12)9-10(3)7(13)11(5)4-14-8/h5H,4H2,1-3H3,(H,9,12). The van der Waals surface area contributed by atoms with Crippen molar-refractivity contribution in [2.45, 2.75) is 24.6 Å². The normalized spacial score (nSPS) is 30.4. The van der Waals surface area contributed by atoms with Crippen LogP contribution in [0.3, 0.4) is 0 Å². The summed E-state index contributed by atoms with van der Waals surface area (Å²) >= 11 is 1.63. The smallest absolute Gasteiger partial charge is 0.300 e. The van der Waals surface area contributed by atoms with Gasteiger partial charge >= 0.3 is 6.03 Å². The lowest BCUT2D eigenvalue weighted by Gasteiger charge is -2.38. The van der Waals surface area contributed by atoms with Gasteiger partial charge in [0, 0.05) is 11.8 Å². The van der Waals surface area contributed by atoms with Crippen LogP contribution in [-0.2, 0) is 4.79 Å². The van der Waals surface area contributed by atoms with Crippen molar-refractivity contribution in [2.24, 2.45) is 0 Å². The largest absolute Gasteiger partial charge is 0.339 e. The molecule has 2 fully saturated rings. The summed E-state index contributed by atoms with van der Waals surface area (Å²) in [5, 5.41) is 1.24. The molecule has 0 aromatic rings. The number of fused-ring (bicyclic) bond motifs is 1. The lowest BCUT2D eigenvalue weighted by molar-refractivity contribution is -0.132. The molecule has 2 heterocycles. The Morgan fingerprint density at radius 2 is 2.14 bits per heavy atom. The summed E-state index contributed by atoms with van der Waals surface area (Å²) in [5.41, 5.74) is 2.55. The highest BCUT2D eigenvalue weighted by Gasteiger charge is 2.51. The van der Waals surface area contributed by atoms with Gasteiger partial charge in [-0.1, -0.05) is 0 Å². The fraction of sp³-hybridized carbons (Fsp3) is 0.750. The Bertz CT molecular complexity index is 305. The number of hydrazine groups is 1. The van der Waals surface area contributed by atoms with E-state index in [0.717, 1.165) is 0 Å². The summed E-state index contributed by atoms with van der Waals surface area (Å²) in [6, 6.07) is -0.469. The van der Waals surface area contributed by atoms with Gasteiger partial charge in [0.15, 0.2) is 0 Å². The van der Waals surface area contributed by atoms with Crippen LogP contribution in [-0.4, -0.2) is 45.6 Å². The molecule has 14 heavy (non-hydrogen) atoms. The molecule has 1 unspecified atom stereocenters. The van der Waals surface area contributed by atoms with Gasteiger partial charge in [-0.15, -0.1) is 11.8 Å². The van der Waals surface area contributed by atoms with Crippen LogP contribution >= 0.6 is 11.8 Å². The molecule has 1 N–H and O–H groups in total. The lowest BCUT2D eigenvalue weighted by Crippen LogP contribution is -2.65. The van der Waals surface area contributed by atoms with Crippen molar-refractivity contribution in [2.75, 3.05) is 12.9 Å². The summed E-state index contributed by atoms with van der Waals surface area (Å²) in [6.07, 6.45) is 0. The SMILES string of the molecule is CN1NC(=O)C2N(CSC2(C)C)C1=O. The van der Waals surface area contributed by atoms with Gasteiger partial charge in [0.05, 0.1) is 5.88 Å². The molecule has 78 valence electrons. The van der Waals surface area contributed by atoms with Crippen molar-refractivity contribution < 1.29 is 9.59 Å². The highest BCUT2D eigenvalue weighted by molar-refractivity contribution is 8.00. The van der Waals surface area contributed by atoms with Crippen molar-refractivity contribution >= 4 is 23.7 Å². The van der Waals surface area contributed by atoms with E-state index in [2.05, 4.69) is 5.43 Å². The predicted octanol–water partition coefficient (Wildman–Crippen LogP) is 0.236. The quantitative estimate of drug-likeness (QED) is 0.629. The highest BCUT2D eigenvalue weighted by Crippen LogP contribution is 2.40. The van der Waals surface area contributed by atoms with Crippen molar-refractivity contribution in [3.8, 4) is 0 Å². The van der Waals surface area contributed by atoms with Gasteiger partial charge in [-0.25, -0.2) is 9.80 Å². The molecule has 2 aliphatic heterocycles. The molecule has 0 saturated carbocycles. The first-order valence-electron chi connectivity index (χ1n) is 4.42. The van der Waals surface area contributed by atoms with Crippen molar-refractivity contribution in [1.29, 1.82) is 0 Å². The number of amides is 3. The minimum Gasteiger partial charge on any atom is -0.300 e. The Hall–Kier alpha value is -0.910. The number of carbonyl (C=O) groups excluding carboxylic acids is 2. The molecular formula is C8H13N3O2S. The van der Waals surface area contributed by atoms with Gasteiger partial charge in [0.2, 0.25) is 0 Å². The maximum Gasteiger partial charge on any atom is 0.339 e. The lowest BCUT2D eigenvalue weighted by atomic mass is 10.0. The topological polar surface area (TPSA) is 52.7 Å². The van der Waals surface area contributed by atoms with E-state index in [0.29, 0.717) is 5.88 Å². The molecule has 0 aromatic carbocycles. The predicted molar refractivity (Wildman–Crippen MR) is 53.5 cm³/mol. The van der Waals surface area contributed by atoms with E-state index in [4.69, 9.17) is 0 Å². The molecule has 2 saturated heterocycles. The summed E-state index contributed by atoms with van der Waals surface area (Å²) in [6.45, 7) is 3.97. The molecule has 6 heteroatoms. The molecule has 3 amide bonds. The molecule has 2 aliphatic rings. The number of thioether (sulfide) groups is 1. The zero-order valence-electron chi connectivity index (χ0n) is 8.40. The third-order valence-corrected chi connectivity index (χ3v) is 3.98. The average Bonchev–Trinajstić information content (AvgIpc) is 2.38. The number of hydrogen-bond acceptors (Lipinski definition) is 3. The minimum absolute atomic E-state index is 0.0953. The number of rotatable bonds is 0. The second-order valence-electron chi connectivity index (χ2n) is 4.07. The van der Waals surface area contributed by atoms with Crippen LogP contribution in [0.2, 0.25) is 0 Å². The van der Waals surface area contributed by atoms with E-state index in [-0.39, 0.29) is 22.7 Å². The number of carbonyl (C=O) groups is 2. The third-order valence-electron chi connectivity index (χ3n) is 2.60. The summed E-state index contributed by atoms with van der Waals surface area (Å²) in [5.74, 6) is 0.496. The summed E-state index contributed by atoms with van der Waals surface area (Å²) < 4.78 is -0.193. The molecule has 0 radical (unpaired) electrons. The fourth-order valence-electron chi connectivity index (χ4n) is 1.85. The van der Waals surface area contributed by atoms with Crippen molar-refractivity contribution in [1.82, 2.24) is 15.3 Å². The zero-order valence-corrected chi connectivity index (χ0v) is 9.22. The van der Waals surface area contributed by atoms with Crippen LogP contribution in [0.15, 0.2) is 0 Å². The van der Waals surface area contributed by atoms with Crippen LogP contribution in [0.1, 0.15) is 13.8 Å². The number of nitrogens with zero attached hydrogens (tertiary/aromatic N) is 2. The first-order valence-corrected chi connectivity index (χ1v) is 5.41. The third kappa shape index (κ3) is 1.17. The summed E-state index contributed by atoms with van der Waals surface area (Å²) in [4.78, 5) is 25.0. The second-order valence-corrected chi connectivity index (χ2v) is 5.67. The maximum absolute atomic E-state index is 11.7. The second kappa shape index (κ2) is 2.79. The Kier molecular flexibility index (Phi) is 1.92. The Balaban J connectivity index is 2.32. The molecule has 5 nitrogen and oxygen atoms in total. The molecule has 0 aliphatic carbocycles. The molecule has 0 spiro atoms. The molecule has 1 atom stereocenters. The van der Waals surface area contributed by atoms with E-state index < -0.39 is 0 Å².